The zero-order chi connectivity index (χ0) is 40.8. The minimum atomic E-state index is -1.08. The molecule has 0 spiro atoms. The second-order valence-corrected chi connectivity index (χ2v) is 13.0. The van der Waals surface area contributed by atoms with Crippen molar-refractivity contribution in [2.75, 3.05) is 27.3 Å². The number of aliphatic hydroxyl groups excluding tert-OH is 2. The molecule has 298 valence electrons. The van der Waals surface area contributed by atoms with E-state index in [2.05, 4.69) is 45.9 Å². The number of hydrogen-bond acceptors (Lipinski definition) is 12. The SMILES string of the molecule is C=Cc1cc(CNC[C@@H](O)CC(=O)O)c(OC)nc1OCc1cccc(-c2cccc(COc3nc(OC)c(CNC[C@@H](O)CC(=O)O)cc3C=C)c2C)c1C. The second kappa shape index (κ2) is 20.8. The Labute approximate surface area is 326 Å². The summed E-state index contributed by atoms with van der Waals surface area (Å²) in [4.78, 5) is 30.9. The molecule has 2 aromatic carbocycles. The van der Waals surface area contributed by atoms with Crippen LogP contribution >= 0.6 is 0 Å². The monoisotopic (exact) mass is 770 g/mol. The molecule has 4 aromatic rings. The average Bonchev–Trinajstić information content (AvgIpc) is 3.16. The number of nitrogens with zero attached hydrogens (tertiary/aromatic N) is 2. The number of aromatic nitrogens is 2. The van der Waals surface area contributed by atoms with Crippen LogP contribution in [0.5, 0.6) is 23.5 Å². The Morgan fingerprint density at radius 2 is 1.07 bits per heavy atom. The maximum absolute atomic E-state index is 10.9. The van der Waals surface area contributed by atoms with Gasteiger partial charge in [0.15, 0.2) is 0 Å². The molecule has 2 aromatic heterocycles. The Kier molecular flexibility index (Phi) is 15.9. The highest BCUT2D eigenvalue weighted by molar-refractivity contribution is 5.73. The number of hydrogen-bond donors (Lipinski definition) is 6. The van der Waals surface area contributed by atoms with Crippen LogP contribution in [0, 0.1) is 13.8 Å². The van der Waals surface area contributed by atoms with Crippen molar-refractivity contribution in [3.63, 3.8) is 0 Å². The predicted molar refractivity (Wildman–Crippen MR) is 212 cm³/mol. The van der Waals surface area contributed by atoms with Crippen LogP contribution < -0.4 is 29.6 Å². The van der Waals surface area contributed by atoms with E-state index >= 15 is 0 Å². The van der Waals surface area contributed by atoms with Gasteiger partial charge in [0.2, 0.25) is 23.5 Å². The molecule has 0 aliphatic rings. The van der Waals surface area contributed by atoms with Crippen molar-refractivity contribution < 1.29 is 49.0 Å². The van der Waals surface area contributed by atoms with E-state index in [9.17, 15) is 19.8 Å². The van der Waals surface area contributed by atoms with Gasteiger partial charge >= 0.3 is 11.9 Å². The molecule has 56 heavy (non-hydrogen) atoms. The highest BCUT2D eigenvalue weighted by Crippen LogP contribution is 2.33. The predicted octanol–water partition coefficient (Wildman–Crippen LogP) is 5.07. The number of aliphatic carboxylic acids is 2. The molecule has 0 unspecified atom stereocenters. The molecule has 0 saturated heterocycles. The summed E-state index contributed by atoms with van der Waals surface area (Å²) in [6, 6.07) is 15.8. The number of pyridine rings is 2. The topological polar surface area (TPSA) is 202 Å². The van der Waals surface area contributed by atoms with E-state index < -0.39 is 24.1 Å². The van der Waals surface area contributed by atoms with Gasteiger partial charge in [0.1, 0.15) is 13.2 Å². The van der Waals surface area contributed by atoms with Crippen molar-refractivity contribution in [2.24, 2.45) is 0 Å². The summed E-state index contributed by atoms with van der Waals surface area (Å²) < 4.78 is 23.5. The molecule has 14 heteroatoms. The molecule has 0 saturated carbocycles. The highest BCUT2D eigenvalue weighted by Gasteiger charge is 2.18. The number of aliphatic hydroxyl groups is 2. The minimum Gasteiger partial charge on any atom is -0.481 e. The van der Waals surface area contributed by atoms with Crippen molar-refractivity contribution in [3.05, 3.63) is 106 Å². The first-order valence-corrected chi connectivity index (χ1v) is 17.9. The average molecular weight is 771 g/mol. The summed E-state index contributed by atoms with van der Waals surface area (Å²) in [6.07, 6.45) is 0.504. The van der Waals surface area contributed by atoms with Gasteiger partial charge in [-0.25, -0.2) is 0 Å². The lowest BCUT2D eigenvalue weighted by Crippen LogP contribution is -2.28. The fourth-order valence-corrected chi connectivity index (χ4v) is 6.06. The third-order valence-electron chi connectivity index (χ3n) is 9.06. The summed E-state index contributed by atoms with van der Waals surface area (Å²) in [6.45, 7) is 13.1. The van der Waals surface area contributed by atoms with Gasteiger partial charge in [0, 0.05) is 48.4 Å². The third kappa shape index (κ3) is 11.6. The fourth-order valence-electron chi connectivity index (χ4n) is 6.06. The minimum absolute atomic E-state index is 0.0885. The van der Waals surface area contributed by atoms with Gasteiger partial charge in [-0.2, -0.15) is 9.97 Å². The highest BCUT2D eigenvalue weighted by atomic mass is 16.5. The smallest absolute Gasteiger partial charge is 0.306 e. The molecule has 0 aliphatic carbocycles. The van der Waals surface area contributed by atoms with Gasteiger partial charge in [-0.1, -0.05) is 61.7 Å². The summed E-state index contributed by atoms with van der Waals surface area (Å²) in [7, 11) is 3.00. The molecule has 6 N–H and O–H groups in total. The lowest BCUT2D eigenvalue weighted by Gasteiger charge is -2.18. The van der Waals surface area contributed by atoms with Crippen LogP contribution in [0.25, 0.3) is 23.3 Å². The first-order valence-electron chi connectivity index (χ1n) is 17.9. The molecular formula is C42H50N4O10. The third-order valence-corrected chi connectivity index (χ3v) is 9.06. The molecular weight excluding hydrogens is 720 g/mol. The standard InChI is InChI=1S/C42H50N4O10/c1-7-27-15-31(19-43-21-33(47)17-37(49)50)39(53-5)45-41(27)55-23-29-11-9-13-35(25(29)3)36-14-10-12-30(26(36)4)24-56-42-28(8-2)16-32(40(46-42)54-6)20-44-22-34(48)18-38(51)52/h7-16,33-34,43-44,47-48H,1-2,17-24H2,3-6H3,(H,49,50)(H,51,52)/t33-,34-/m0/s1. The molecule has 0 bridgehead atoms. The number of benzene rings is 2. The van der Waals surface area contributed by atoms with Gasteiger partial charge in [-0.05, 0) is 59.4 Å². The number of carbonyl (C=O) groups is 2. The molecule has 2 atom stereocenters. The first-order chi connectivity index (χ1) is 26.9. The summed E-state index contributed by atoms with van der Waals surface area (Å²) in [5.74, 6) is -0.804. The van der Waals surface area contributed by atoms with Crippen molar-refractivity contribution in [3.8, 4) is 34.6 Å². The lowest BCUT2D eigenvalue weighted by atomic mass is 9.92. The maximum Gasteiger partial charge on any atom is 0.306 e. The molecule has 0 fully saturated rings. The van der Waals surface area contributed by atoms with Crippen molar-refractivity contribution in [1.82, 2.24) is 20.6 Å². The van der Waals surface area contributed by atoms with Crippen LogP contribution in [-0.4, -0.2) is 81.8 Å². The Hall–Kier alpha value is -5.80. The second-order valence-electron chi connectivity index (χ2n) is 13.0. The van der Waals surface area contributed by atoms with Crippen LogP contribution in [0.3, 0.4) is 0 Å². The zero-order valence-corrected chi connectivity index (χ0v) is 32.1. The number of carboxylic acids is 2. The van der Waals surface area contributed by atoms with Gasteiger partial charge < -0.3 is 50.0 Å². The quantitative estimate of drug-likeness (QED) is 0.0584. The fraction of sp³-hybridized carbons (Fsp3) is 0.333. The molecule has 0 radical (unpaired) electrons. The van der Waals surface area contributed by atoms with E-state index in [-0.39, 0.29) is 52.2 Å². The maximum atomic E-state index is 10.9. The van der Waals surface area contributed by atoms with E-state index in [1.54, 1.807) is 12.2 Å². The van der Waals surface area contributed by atoms with Gasteiger partial charge in [0.05, 0.1) is 39.3 Å². The lowest BCUT2D eigenvalue weighted by molar-refractivity contribution is -0.140. The van der Waals surface area contributed by atoms with Crippen molar-refractivity contribution >= 4 is 24.1 Å². The number of nitrogens with one attached hydrogen (secondary N) is 2. The van der Waals surface area contributed by atoms with Crippen LogP contribution in [0.2, 0.25) is 0 Å². The van der Waals surface area contributed by atoms with E-state index in [4.69, 9.17) is 29.2 Å². The number of ether oxygens (including phenoxy) is 4. The number of carboxylic acid groups (broad SMARTS) is 2. The van der Waals surface area contributed by atoms with Crippen LogP contribution in [0.15, 0.2) is 61.7 Å². The number of methoxy groups -OCH3 is 2. The van der Waals surface area contributed by atoms with Gasteiger partial charge in [-0.3, -0.25) is 9.59 Å². The Morgan fingerprint density at radius 3 is 1.41 bits per heavy atom. The normalized spacial score (nSPS) is 12.0. The van der Waals surface area contributed by atoms with Crippen LogP contribution in [0.1, 0.15) is 57.3 Å². The van der Waals surface area contributed by atoms with Crippen LogP contribution in [0.4, 0.5) is 0 Å². The van der Waals surface area contributed by atoms with E-state index in [0.29, 0.717) is 45.8 Å². The van der Waals surface area contributed by atoms with Gasteiger partial charge in [0.25, 0.3) is 0 Å². The van der Waals surface area contributed by atoms with E-state index in [1.165, 1.54) is 14.2 Å². The molecule has 2 heterocycles. The van der Waals surface area contributed by atoms with Crippen LogP contribution in [-0.2, 0) is 35.9 Å². The first kappa shape index (κ1) is 42.9. The Bertz CT molecular complexity index is 1880. The van der Waals surface area contributed by atoms with E-state index in [0.717, 1.165) is 33.4 Å². The zero-order valence-electron chi connectivity index (χ0n) is 32.1. The summed E-state index contributed by atoms with van der Waals surface area (Å²) in [5, 5.41) is 43.6. The largest absolute Gasteiger partial charge is 0.481 e. The Morgan fingerprint density at radius 1 is 0.679 bits per heavy atom. The van der Waals surface area contributed by atoms with Crippen molar-refractivity contribution in [2.45, 2.75) is 65.2 Å². The Balaban J connectivity index is 1.48. The molecule has 0 aliphatic heterocycles. The summed E-state index contributed by atoms with van der Waals surface area (Å²) in [5.41, 5.74) is 8.72. The molecule has 4 rings (SSSR count). The molecule has 0 amide bonds. The number of rotatable bonds is 23. The molecule has 14 nitrogen and oxygen atoms in total. The summed E-state index contributed by atoms with van der Waals surface area (Å²) >= 11 is 0. The van der Waals surface area contributed by atoms with Gasteiger partial charge in [-0.15, -0.1) is 0 Å². The van der Waals surface area contributed by atoms with Crippen molar-refractivity contribution in [1.29, 1.82) is 0 Å². The van der Waals surface area contributed by atoms with E-state index in [1.807, 2.05) is 50.2 Å².